The van der Waals surface area contributed by atoms with Gasteiger partial charge in [-0.1, -0.05) is 56.6 Å². The highest BCUT2D eigenvalue weighted by molar-refractivity contribution is 6.30. The number of pyridine rings is 1. The van der Waals surface area contributed by atoms with Gasteiger partial charge < -0.3 is 10.1 Å². The number of hydrogen-bond acceptors (Lipinski definition) is 4. The summed E-state index contributed by atoms with van der Waals surface area (Å²) in [5, 5.41) is 3.47. The molecule has 0 spiro atoms. The molecule has 0 unspecified atom stereocenters. The number of amides is 2. The molecule has 1 aromatic heterocycles. The number of carbonyl (C=O) groups is 2. The van der Waals surface area contributed by atoms with Crippen molar-refractivity contribution < 1.29 is 14.3 Å². The van der Waals surface area contributed by atoms with Gasteiger partial charge in [0.15, 0.2) is 11.5 Å². The van der Waals surface area contributed by atoms with E-state index in [1.54, 1.807) is 42.7 Å². The molecule has 7 heteroatoms. The Bertz CT molecular complexity index is 1230. The maximum atomic E-state index is 13.4. The molecule has 4 rings (SSSR count). The van der Waals surface area contributed by atoms with E-state index in [2.05, 4.69) is 31.1 Å². The van der Waals surface area contributed by atoms with E-state index in [1.165, 1.54) is 4.90 Å². The normalized spacial score (nSPS) is 14.5. The minimum absolute atomic E-state index is 0.133. The van der Waals surface area contributed by atoms with Crippen LogP contribution in [0, 0.1) is 0 Å². The quantitative estimate of drug-likeness (QED) is 0.520. The second kappa shape index (κ2) is 9.69. The number of anilines is 1. The van der Waals surface area contributed by atoms with Gasteiger partial charge >= 0.3 is 0 Å². The third kappa shape index (κ3) is 5.46. The van der Waals surface area contributed by atoms with Crippen LogP contribution in [-0.2, 0) is 21.5 Å². The first-order valence-corrected chi connectivity index (χ1v) is 11.4. The van der Waals surface area contributed by atoms with Crippen LogP contribution >= 0.6 is 11.6 Å². The van der Waals surface area contributed by atoms with Crippen LogP contribution < -0.4 is 15.0 Å². The Hall–Kier alpha value is -3.64. The van der Waals surface area contributed by atoms with Crippen molar-refractivity contribution in [2.45, 2.75) is 32.7 Å². The summed E-state index contributed by atoms with van der Waals surface area (Å²) < 4.78 is 5.98. The summed E-state index contributed by atoms with van der Waals surface area (Å²) in [4.78, 5) is 31.8. The molecule has 1 N–H and O–H groups in total. The highest BCUT2D eigenvalue weighted by Crippen LogP contribution is 2.39. The van der Waals surface area contributed by atoms with Crippen LogP contribution in [0.3, 0.4) is 0 Å². The predicted octanol–water partition coefficient (Wildman–Crippen LogP) is 5.12. The van der Waals surface area contributed by atoms with Gasteiger partial charge in [0.25, 0.3) is 5.91 Å². The lowest BCUT2D eigenvalue weighted by Gasteiger charge is -2.32. The molecule has 174 valence electrons. The molecular formula is C27H26ClN3O3. The number of benzene rings is 2. The Balaban J connectivity index is 1.64. The Kier molecular flexibility index (Phi) is 6.70. The largest absolute Gasteiger partial charge is 0.449 e. The average Bonchev–Trinajstić information content (AvgIpc) is 2.81. The zero-order valence-electron chi connectivity index (χ0n) is 19.3. The fourth-order valence-electron chi connectivity index (χ4n) is 3.55. The van der Waals surface area contributed by atoms with Crippen LogP contribution in [-0.4, -0.2) is 23.3 Å². The molecule has 3 aromatic rings. The summed E-state index contributed by atoms with van der Waals surface area (Å²) >= 11 is 5.98. The monoisotopic (exact) mass is 475 g/mol. The zero-order valence-corrected chi connectivity index (χ0v) is 20.1. The van der Waals surface area contributed by atoms with Crippen molar-refractivity contribution in [2.24, 2.45) is 0 Å². The van der Waals surface area contributed by atoms with Crippen molar-refractivity contribution >= 4 is 35.2 Å². The fourth-order valence-corrected chi connectivity index (χ4v) is 3.67. The van der Waals surface area contributed by atoms with Crippen molar-refractivity contribution in [2.75, 3.05) is 11.4 Å². The summed E-state index contributed by atoms with van der Waals surface area (Å²) in [6, 6.07) is 16.5. The molecule has 34 heavy (non-hydrogen) atoms. The van der Waals surface area contributed by atoms with E-state index in [9.17, 15) is 9.59 Å². The smallest absolute Gasteiger partial charge is 0.294 e. The molecule has 2 heterocycles. The number of nitrogens with one attached hydrogen (secondary N) is 1. The van der Waals surface area contributed by atoms with E-state index in [0.29, 0.717) is 23.0 Å². The van der Waals surface area contributed by atoms with Crippen LogP contribution in [0.1, 0.15) is 37.5 Å². The Morgan fingerprint density at radius 3 is 2.59 bits per heavy atom. The molecular weight excluding hydrogens is 450 g/mol. The van der Waals surface area contributed by atoms with Gasteiger partial charge in [0.2, 0.25) is 5.91 Å². The molecule has 2 amide bonds. The van der Waals surface area contributed by atoms with Gasteiger partial charge in [-0.2, -0.15) is 0 Å². The highest BCUT2D eigenvalue weighted by atomic mass is 35.5. The summed E-state index contributed by atoms with van der Waals surface area (Å²) in [6.45, 7) is 6.47. The average molecular weight is 476 g/mol. The maximum Gasteiger partial charge on any atom is 0.294 e. The summed E-state index contributed by atoms with van der Waals surface area (Å²) in [5.74, 6) is -0.00615. The molecule has 2 aromatic carbocycles. The number of aromatic nitrogens is 1. The van der Waals surface area contributed by atoms with Gasteiger partial charge in [-0.05, 0) is 58.5 Å². The molecule has 0 fully saturated rings. The summed E-state index contributed by atoms with van der Waals surface area (Å²) in [5.41, 5.74) is 3.12. The first kappa shape index (κ1) is 23.5. The number of halogens is 1. The lowest BCUT2D eigenvalue weighted by Crippen LogP contribution is -2.44. The van der Waals surface area contributed by atoms with Gasteiger partial charge in [-0.15, -0.1) is 0 Å². The Morgan fingerprint density at radius 2 is 1.91 bits per heavy atom. The first-order chi connectivity index (χ1) is 16.2. The minimum Gasteiger partial charge on any atom is -0.449 e. The van der Waals surface area contributed by atoms with Crippen LogP contribution in [0.25, 0.3) is 6.08 Å². The first-order valence-electron chi connectivity index (χ1n) is 11.0. The molecule has 0 aliphatic carbocycles. The fraction of sp³-hybridized carbons (Fsp3) is 0.222. The SMILES string of the molecule is CC(C)(C)c1ccc2c(c1)N(CC(=O)NCc1cccnc1)C(=O)/C(=C\c1ccc(Cl)cc1)O2. The molecule has 0 bridgehead atoms. The van der Waals surface area contributed by atoms with Gasteiger partial charge in [0.05, 0.1) is 5.69 Å². The van der Waals surface area contributed by atoms with Crippen molar-refractivity contribution in [1.29, 1.82) is 0 Å². The molecule has 0 saturated heterocycles. The molecule has 1 aliphatic rings. The van der Waals surface area contributed by atoms with Crippen molar-refractivity contribution in [3.05, 3.63) is 94.5 Å². The molecule has 0 atom stereocenters. The predicted molar refractivity (Wildman–Crippen MR) is 134 cm³/mol. The van der Waals surface area contributed by atoms with Gasteiger partial charge in [-0.3, -0.25) is 19.5 Å². The van der Waals surface area contributed by atoms with E-state index < -0.39 is 0 Å². The zero-order chi connectivity index (χ0) is 24.3. The lowest BCUT2D eigenvalue weighted by molar-refractivity contribution is -0.123. The topological polar surface area (TPSA) is 71.5 Å². The highest BCUT2D eigenvalue weighted by Gasteiger charge is 2.33. The number of fused-ring (bicyclic) bond motifs is 1. The van der Waals surface area contributed by atoms with Crippen LogP contribution in [0.2, 0.25) is 5.02 Å². The van der Waals surface area contributed by atoms with Crippen molar-refractivity contribution in [3.8, 4) is 5.75 Å². The van der Waals surface area contributed by atoms with Crippen LogP contribution in [0.15, 0.2) is 72.8 Å². The Morgan fingerprint density at radius 1 is 1.15 bits per heavy atom. The van der Waals surface area contributed by atoms with Crippen LogP contribution in [0.5, 0.6) is 5.75 Å². The van der Waals surface area contributed by atoms with E-state index in [-0.39, 0.29) is 29.5 Å². The number of rotatable bonds is 5. The molecule has 1 aliphatic heterocycles. The van der Waals surface area contributed by atoms with Crippen molar-refractivity contribution in [3.63, 3.8) is 0 Å². The maximum absolute atomic E-state index is 13.4. The third-order valence-corrected chi connectivity index (χ3v) is 5.73. The van der Waals surface area contributed by atoms with E-state index in [4.69, 9.17) is 16.3 Å². The molecule has 6 nitrogen and oxygen atoms in total. The van der Waals surface area contributed by atoms with Gasteiger partial charge in [-0.25, -0.2) is 0 Å². The summed E-state index contributed by atoms with van der Waals surface area (Å²) in [6.07, 6.45) is 5.02. The number of nitrogens with zero attached hydrogens (tertiary/aromatic N) is 2. The van der Waals surface area contributed by atoms with Gasteiger partial charge in [0, 0.05) is 24.0 Å². The lowest BCUT2D eigenvalue weighted by atomic mass is 9.86. The van der Waals surface area contributed by atoms with E-state index >= 15 is 0 Å². The number of carbonyl (C=O) groups excluding carboxylic acids is 2. The summed E-state index contributed by atoms with van der Waals surface area (Å²) in [7, 11) is 0. The van der Waals surface area contributed by atoms with Crippen molar-refractivity contribution in [1.82, 2.24) is 10.3 Å². The van der Waals surface area contributed by atoms with E-state index in [0.717, 1.165) is 16.7 Å². The third-order valence-electron chi connectivity index (χ3n) is 5.47. The van der Waals surface area contributed by atoms with E-state index in [1.807, 2.05) is 30.3 Å². The minimum atomic E-state index is -0.384. The van der Waals surface area contributed by atoms with Crippen LogP contribution in [0.4, 0.5) is 5.69 Å². The molecule has 0 saturated carbocycles. The molecule has 0 radical (unpaired) electrons. The standard InChI is InChI=1S/C27H26ClN3O3/c1-27(2,3)20-8-11-23-22(14-20)31(17-25(32)30-16-19-5-4-12-29-15-19)26(33)24(34-23)13-18-6-9-21(28)10-7-18/h4-15H,16-17H2,1-3H3,(H,30,32)/b24-13+. The van der Waals surface area contributed by atoms with Gasteiger partial charge in [0.1, 0.15) is 6.54 Å². The Labute approximate surface area is 204 Å². The number of ether oxygens (including phenoxy) is 1. The second-order valence-corrected chi connectivity index (χ2v) is 9.56. The number of hydrogen-bond donors (Lipinski definition) is 1. The second-order valence-electron chi connectivity index (χ2n) is 9.12.